The first-order chi connectivity index (χ1) is 10.5. The van der Waals surface area contributed by atoms with Crippen LogP contribution in [-0.2, 0) is 16.3 Å². The third-order valence-electron chi connectivity index (χ3n) is 4.33. The minimum atomic E-state index is -3.25. The Morgan fingerprint density at radius 1 is 1.23 bits per heavy atom. The Morgan fingerprint density at radius 2 is 2.00 bits per heavy atom. The summed E-state index contributed by atoms with van der Waals surface area (Å²) in [5.41, 5.74) is 1.86. The zero-order valence-corrected chi connectivity index (χ0v) is 13.4. The van der Waals surface area contributed by atoms with Crippen molar-refractivity contribution < 1.29 is 8.42 Å². The molecule has 0 aliphatic heterocycles. The molecule has 6 nitrogen and oxygen atoms in total. The van der Waals surface area contributed by atoms with Gasteiger partial charge in [0.1, 0.15) is 0 Å². The van der Waals surface area contributed by atoms with E-state index < -0.39 is 9.84 Å². The summed E-state index contributed by atoms with van der Waals surface area (Å²) in [6.07, 6.45) is 8.50. The molecule has 0 amide bonds. The molecule has 7 heteroatoms. The highest BCUT2D eigenvalue weighted by Gasteiger charge is 2.19. The molecule has 0 saturated heterocycles. The third kappa shape index (κ3) is 3.35. The predicted molar refractivity (Wildman–Crippen MR) is 83.0 cm³/mol. The van der Waals surface area contributed by atoms with Crippen molar-refractivity contribution in [2.24, 2.45) is 5.92 Å². The van der Waals surface area contributed by atoms with E-state index in [9.17, 15) is 8.42 Å². The molecule has 0 radical (unpaired) electrons. The molecule has 1 heterocycles. The number of benzene rings is 1. The third-order valence-corrected chi connectivity index (χ3v) is 5.44. The van der Waals surface area contributed by atoms with Crippen molar-refractivity contribution in [3.63, 3.8) is 0 Å². The number of rotatable bonds is 4. The first-order valence-electron chi connectivity index (χ1n) is 7.61. The second kappa shape index (κ2) is 6.16. The molecule has 118 valence electrons. The molecule has 1 aliphatic carbocycles. The zero-order chi connectivity index (χ0) is 15.6. The summed E-state index contributed by atoms with van der Waals surface area (Å²) >= 11 is 0. The topological polar surface area (TPSA) is 88.6 Å². The number of nitrogens with one attached hydrogen (secondary N) is 1. The van der Waals surface area contributed by atoms with Crippen LogP contribution >= 0.6 is 0 Å². The van der Waals surface area contributed by atoms with Crippen LogP contribution < -0.4 is 0 Å². The van der Waals surface area contributed by atoms with Gasteiger partial charge in [0.15, 0.2) is 9.84 Å². The van der Waals surface area contributed by atoms with Crippen LogP contribution in [-0.4, -0.2) is 35.3 Å². The molecule has 0 bridgehead atoms. The average molecular weight is 320 g/mol. The second-order valence-electron chi connectivity index (χ2n) is 6.03. The molecule has 1 saturated carbocycles. The number of aromatic amines is 1. The van der Waals surface area contributed by atoms with Crippen LogP contribution in [0.2, 0.25) is 0 Å². The summed E-state index contributed by atoms with van der Waals surface area (Å²) in [5.74, 6) is 1.11. The number of sulfone groups is 1. The molecule has 1 aliphatic rings. The van der Waals surface area contributed by atoms with Gasteiger partial charge in [0.05, 0.1) is 4.90 Å². The lowest BCUT2D eigenvalue weighted by atomic mass is 9.84. The molecular weight excluding hydrogens is 300 g/mol. The van der Waals surface area contributed by atoms with E-state index in [0.717, 1.165) is 17.5 Å². The molecule has 0 spiro atoms. The van der Waals surface area contributed by atoms with Crippen molar-refractivity contribution in [2.75, 3.05) is 6.26 Å². The highest BCUT2D eigenvalue weighted by molar-refractivity contribution is 7.90. The van der Waals surface area contributed by atoms with Crippen molar-refractivity contribution in [1.29, 1.82) is 0 Å². The minimum absolute atomic E-state index is 0.291. The van der Waals surface area contributed by atoms with E-state index in [1.165, 1.54) is 38.4 Å². The van der Waals surface area contributed by atoms with Crippen molar-refractivity contribution in [2.45, 2.75) is 43.4 Å². The first-order valence-corrected chi connectivity index (χ1v) is 9.50. The molecule has 1 N–H and O–H groups in total. The molecule has 2 aromatic rings. The van der Waals surface area contributed by atoms with Gasteiger partial charge in [-0.05, 0) is 35.2 Å². The lowest BCUT2D eigenvalue weighted by Crippen LogP contribution is -2.10. The molecular formula is C15H20N4O2S. The Labute approximate surface area is 130 Å². The van der Waals surface area contributed by atoms with Crippen molar-refractivity contribution in [3.05, 3.63) is 23.8 Å². The summed E-state index contributed by atoms with van der Waals surface area (Å²) in [5, 5.41) is 14.1. The van der Waals surface area contributed by atoms with E-state index >= 15 is 0 Å². The van der Waals surface area contributed by atoms with E-state index in [0.29, 0.717) is 16.6 Å². The molecule has 0 unspecified atom stereocenters. The standard InChI is InChI=1S/C15H20N4O2S/c1-22(20,21)13-8-7-12(9-11-5-3-2-4-6-11)14(10-13)15-16-18-19-17-15/h7-8,10-11H,2-6,9H2,1H3,(H,16,17,18,19). The van der Waals surface area contributed by atoms with Crippen molar-refractivity contribution >= 4 is 9.84 Å². The first kappa shape index (κ1) is 15.1. The largest absolute Gasteiger partial charge is 0.224 e. The normalized spacial score (nSPS) is 16.8. The van der Waals surface area contributed by atoms with Gasteiger partial charge in [-0.1, -0.05) is 38.2 Å². The van der Waals surface area contributed by atoms with Crippen LogP contribution in [0, 0.1) is 5.92 Å². The van der Waals surface area contributed by atoms with Gasteiger partial charge in [-0.2, -0.15) is 5.21 Å². The Balaban J connectivity index is 1.98. The van der Waals surface area contributed by atoms with E-state index in [1.807, 2.05) is 6.07 Å². The fourth-order valence-corrected chi connectivity index (χ4v) is 3.80. The van der Waals surface area contributed by atoms with Gasteiger partial charge in [-0.3, -0.25) is 0 Å². The summed E-state index contributed by atoms with van der Waals surface area (Å²) in [4.78, 5) is 0.291. The molecule has 22 heavy (non-hydrogen) atoms. The fraction of sp³-hybridized carbons (Fsp3) is 0.533. The molecule has 0 atom stereocenters. The van der Waals surface area contributed by atoms with Crippen LogP contribution in [0.1, 0.15) is 37.7 Å². The van der Waals surface area contributed by atoms with Gasteiger partial charge in [0.2, 0.25) is 5.82 Å². The number of hydrogen-bond acceptors (Lipinski definition) is 5. The Kier molecular flexibility index (Phi) is 4.24. The van der Waals surface area contributed by atoms with Gasteiger partial charge < -0.3 is 0 Å². The highest BCUT2D eigenvalue weighted by Crippen LogP contribution is 2.31. The predicted octanol–water partition coefficient (Wildman–Crippen LogP) is 2.39. The average Bonchev–Trinajstić information content (AvgIpc) is 3.01. The van der Waals surface area contributed by atoms with Crippen LogP contribution in [0.25, 0.3) is 11.4 Å². The summed E-state index contributed by atoms with van der Waals surface area (Å²) in [7, 11) is -3.25. The quantitative estimate of drug-likeness (QED) is 0.934. The van der Waals surface area contributed by atoms with E-state index in [4.69, 9.17) is 0 Å². The SMILES string of the molecule is CS(=O)(=O)c1ccc(CC2CCCCC2)c(-c2nn[nH]n2)c1. The number of nitrogens with zero attached hydrogens (tertiary/aromatic N) is 3. The number of aromatic nitrogens is 4. The Morgan fingerprint density at radius 3 is 2.64 bits per heavy atom. The number of hydrogen-bond donors (Lipinski definition) is 1. The molecule has 1 aromatic heterocycles. The van der Waals surface area contributed by atoms with Gasteiger partial charge >= 0.3 is 0 Å². The van der Waals surface area contributed by atoms with E-state index in [2.05, 4.69) is 20.6 Å². The van der Waals surface area contributed by atoms with Gasteiger partial charge in [0.25, 0.3) is 0 Å². The molecule has 3 rings (SSSR count). The van der Waals surface area contributed by atoms with E-state index in [-0.39, 0.29) is 0 Å². The van der Waals surface area contributed by atoms with Gasteiger partial charge in [-0.15, -0.1) is 10.2 Å². The molecule has 1 fully saturated rings. The van der Waals surface area contributed by atoms with Crippen molar-refractivity contribution in [1.82, 2.24) is 20.6 Å². The van der Waals surface area contributed by atoms with Crippen LogP contribution in [0.3, 0.4) is 0 Å². The Bertz CT molecular complexity index is 735. The zero-order valence-electron chi connectivity index (χ0n) is 12.6. The summed E-state index contributed by atoms with van der Waals surface area (Å²) in [6, 6.07) is 5.24. The lowest BCUT2D eigenvalue weighted by molar-refractivity contribution is 0.357. The van der Waals surface area contributed by atoms with E-state index in [1.54, 1.807) is 12.1 Å². The Hall–Kier alpha value is -1.76. The van der Waals surface area contributed by atoms with Gasteiger partial charge in [-0.25, -0.2) is 8.42 Å². The highest BCUT2D eigenvalue weighted by atomic mass is 32.2. The summed E-state index contributed by atoms with van der Waals surface area (Å²) < 4.78 is 23.6. The maximum atomic E-state index is 11.8. The smallest absolute Gasteiger partial charge is 0.204 e. The van der Waals surface area contributed by atoms with Crippen LogP contribution in [0.5, 0.6) is 0 Å². The van der Waals surface area contributed by atoms with Gasteiger partial charge in [0, 0.05) is 11.8 Å². The van der Waals surface area contributed by atoms with Crippen LogP contribution in [0.4, 0.5) is 0 Å². The number of H-pyrrole nitrogens is 1. The summed E-state index contributed by atoms with van der Waals surface area (Å²) in [6.45, 7) is 0. The maximum Gasteiger partial charge on any atom is 0.204 e. The second-order valence-corrected chi connectivity index (χ2v) is 8.05. The monoisotopic (exact) mass is 320 g/mol. The lowest BCUT2D eigenvalue weighted by Gasteiger charge is -2.22. The fourth-order valence-electron chi connectivity index (χ4n) is 3.15. The maximum absolute atomic E-state index is 11.8. The van der Waals surface area contributed by atoms with Crippen LogP contribution in [0.15, 0.2) is 23.1 Å². The number of tetrazole rings is 1. The molecule has 1 aromatic carbocycles. The van der Waals surface area contributed by atoms with Crippen molar-refractivity contribution in [3.8, 4) is 11.4 Å². The minimum Gasteiger partial charge on any atom is -0.224 e.